The number of amides is 1. The van der Waals surface area contributed by atoms with Gasteiger partial charge in [0.2, 0.25) is 0 Å². The molecule has 2 saturated heterocycles. The van der Waals surface area contributed by atoms with Gasteiger partial charge in [0.05, 0.1) is 5.69 Å². The number of carbonyl (C=O) groups excluding carboxylic acids is 1. The molecule has 1 spiro atoms. The van der Waals surface area contributed by atoms with E-state index in [-0.39, 0.29) is 11.4 Å². The van der Waals surface area contributed by atoms with E-state index in [0.29, 0.717) is 0 Å². The van der Waals surface area contributed by atoms with Gasteiger partial charge in [-0.05, 0) is 25.1 Å². The lowest BCUT2D eigenvalue weighted by atomic mass is 9.92. The average molecular weight is 203 g/mol. The molecule has 0 saturated carbocycles. The summed E-state index contributed by atoms with van der Waals surface area (Å²) in [5, 5.41) is 5.22. The molecule has 2 fully saturated rings. The monoisotopic (exact) mass is 203 g/mol. The van der Waals surface area contributed by atoms with Crippen molar-refractivity contribution in [2.75, 3.05) is 18.1 Å². The highest BCUT2D eigenvalue weighted by molar-refractivity contribution is 5.99. The maximum atomic E-state index is 11.6. The van der Waals surface area contributed by atoms with Gasteiger partial charge in [-0.3, -0.25) is 15.2 Å². The van der Waals surface area contributed by atoms with Gasteiger partial charge in [-0.1, -0.05) is 18.2 Å². The van der Waals surface area contributed by atoms with Crippen molar-refractivity contribution in [2.24, 2.45) is 0 Å². The van der Waals surface area contributed by atoms with Gasteiger partial charge in [0.25, 0.3) is 5.91 Å². The Balaban J connectivity index is 1.93. The van der Waals surface area contributed by atoms with Crippen LogP contribution in [-0.2, 0) is 4.79 Å². The fourth-order valence-corrected chi connectivity index (χ4v) is 2.31. The molecule has 15 heavy (non-hydrogen) atoms. The molecule has 2 aliphatic rings. The molecule has 0 aliphatic carbocycles. The molecule has 1 unspecified atom stereocenters. The third kappa shape index (κ3) is 1.08. The largest absolute Gasteiger partial charge is 0.314 e. The van der Waals surface area contributed by atoms with E-state index in [4.69, 9.17) is 0 Å². The van der Waals surface area contributed by atoms with Crippen molar-refractivity contribution in [2.45, 2.75) is 12.0 Å². The Hall–Kier alpha value is -1.55. The minimum absolute atomic E-state index is 0.136. The molecule has 0 radical (unpaired) electrons. The van der Waals surface area contributed by atoms with Crippen molar-refractivity contribution in [3.05, 3.63) is 30.3 Å². The van der Waals surface area contributed by atoms with E-state index in [1.54, 1.807) is 0 Å². The fourth-order valence-electron chi connectivity index (χ4n) is 2.31. The first kappa shape index (κ1) is 8.73. The van der Waals surface area contributed by atoms with Gasteiger partial charge in [-0.25, -0.2) is 0 Å². The summed E-state index contributed by atoms with van der Waals surface area (Å²) in [6.07, 6.45) is 0.883. The van der Waals surface area contributed by atoms with Crippen LogP contribution in [0.15, 0.2) is 30.3 Å². The number of nitrogens with zero attached hydrogens (tertiary/aromatic N) is 1. The van der Waals surface area contributed by atoms with Crippen LogP contribution < -0.4 is 15.8 Å². The van der Waals surface area contributed by atoms with Crippen LogP contribution in [0.4, 0.5) is 5.69 Å². The Labute approximate surface area is 88.2 Å². The summed E-state index contributed by atoms with van der Waals surface area (Å²) in [5.74, 6) is 0.136. The van der Waals surface area contributed by atoms with Gasteiger partial charge in [0, 0.05) is 6.54 Å². The summed E-state index contributed by atoms with van der Waals surface area (Å²) in [6, 6.07) is 9.97. The van der Waals surface area contributed by atoms with E-state index in [1.165, 1.54) is 0 Å². The summed E-state index contributed by atoms with van der Waals surface area (Å²) in [7, 11) is 0. The molecule has 2 N–H and O–H groups in total. The third-order valence-corrected chi connectivity index (χ3v) is 3.21. The minimum atomic E-state index is -0.332. The maximum Gasteiger partial charge on any atom is 0.267 e. The van der Waals surface area contributed by atoms with Crippen molar-refractivity contribution in [1.29, 1.82) is 0 Å². The van der Waals surface area contributed by atoms with Gasteiger partial charge in [0.15, 0.2) is 5.54 Å². The van der Waals surface area contributed by atoms with Crippen LogP contribution in [0, 0.1) is 0 Å². The molecule has 4 heteroatoms. The van der Waals surface area contributed by atoms with E-state index in [0.717, 1.165) is 25.2 Å². The predicted molar refractivity (Wildman–Crippen MR) is 57.3 cm³/mol. The lowest BCUT2D eigenvalue weighted by Crippen LogP contribution is -2.77. The number of hydrogen-bond donors (Lipinski definition) is 2. The van der Waals surface area contributed by atoms with Crippen molar-refractivity contribution >= 4 is 11.6 Å². The summed E-state index contributed by atoms with van der Waals surface area (Å²) in [6.45, 7) is 1.66. The Morgan fingerprint density at radius 3 is 2.67 bits per heavy atom. The lowest BCUT2D eigenvalue weighted by Gasteiger charge is -2.49. The van der Waals surface area contributed by atoms with Crippen molar-refractivity contribution in [3.63, 3.8) is 0 Å². The first-order chi connectivity index (χ1) is 7.33. The van der Waals surface area contributed by atoms with Crippen LogP contribution in [0.25, 0.3) is 0 Å². The minimum Gasteiger partial charge on any atom is -0.314 e. The van der Waals surface area contributed by atoms with Crippen LogP contribution in [0.2, 0.25) is 0 Å². The van der Waals surface area contributed by atoms with Crippen molar-refractivity contribution in [1.82, 2.24) is 10.7 Å². The molecule has 78 valence electrons. The number of hydrazine groups is 1. The second-order valence-corrected chi connectivity index (χ2v) is 4.07. The Kier molecular flexibility index (Phi) is 1.73. The van der Waals surface area contributed by atoms with Gasteiger partial charge in [0.1, 0.15) is 0 Å². The van der Waals surface area contributed by atoms with E-state index < -0.39 is 0 Å². The zero-order chi connectivity index (χ0) is 10.3. The number of nitrogens with one attached hydrogen (secondary N) is 2. The Morgan fingerprint density at radius 2 is 2.07 bits per heavy atom. The van der Waals surface area contributed by atoms with Gasteiger partial charge < -0.3 is 5.32 Å². The maximum absolute atomic E-state index is 11.6. The summed E-state index contributed by atoms with van der Waals surface area (Å²) in [5.41, 5.74) is 3.57. The van der Waals surface area contributed by atoms with Gasteiger partial charge >= 0.3 is 0 Å². The summed E-state index contributed by atoms with van der Waals surface area (Å²) in [4.78, 5) is 11.6. The highest BCUT2D eigenvalue weighted by Gasteiger charge is 2.55. The first-order valence-electron chi connectivity index (χ1n) is 5.20. The molecule has 1 aromatic carbocycles. The van der Waals surface area contributed by atoms with E-state index in [9.17, 15) is 4.79 Å². The van der Waals surface area contributed by atoms with Crippen molar-refractivity contribution < 1.29 is 4.79 Å². The molecular formula is C11H13N3O. The molecule has 4 nitrogen and oxygen atoms in total. The quantitative estimate of drug-likeness (QED) is 0.688. The topological polar surface area (TPSA) is 44.4 Å². The van der Waals surface area contributed by atoms with E-state index >= 15 is 0 Å². The smallest absolute Gasteiger partial charge is 0.267 e. The van der Waals surface area contributed by atoms with Crippen LogP contribution >= 0.6 is 0 Å². The van der Waals surface area contributed by atoms with Gasteiger partial charge in [-0.15, -0.1) is 0 Å². The van der Waals surface area contributed by atoms with Crippen LogP contribution in [0.5, 0.6) is 0 Å². The Morgan fingerprint density at radius 1 is 1.27 bits per heavy atom. The molecule has 3 rings (SSSR count). The lowest BCUT2D eigenvalue weighted by molar-refractivity contribution is -0.133. The normalized spacial score (nSPS) is 29.1. The molecule has 2 heterocycles. The third-order valence-electron chi connectivity index (χ3n) is 3.21. The average Bonchev–Trinajstić information content (AvgIpc) is 2.79. The molecule has 1 amide bonds. The molecular weight excluding hydrogens is 190 g/mol. The zero-order valence-electron chi connectivity index (χ0n) is 8.36. The van der Waals surface area contributed by atoms with E-state index in [1.807, 2.05) is 35.3 Å². The number of carbonyl (C=O) groups is 1. The van der Waals surface area contributed by atoms with Gasteiger partial charge in [-0.2, -0.15) is 0 Å². The van der Waals surface area contributed by atoms with Crippen molar-refractivity contribution in [3.8, 4) is 0 Å². The zero-order valence-corrected chi connectivity index (χ0v) is 8.36. The highest BCUT2D eigenvalue weighted by Crippen LogP contribution is 2.33. The Bertz CT molecular complexity index is 384. The molecule has 0 aromatic heterocycles. The highest BCUT2D eigenvalue weighted by atomic mass is 16.2. The number of hydrogen-bond acceptors (Lipinski definition) is 3. The molecule has 2 aliphatic heterocycles. The number of anilines is 1. The predicted octanol–water partition coefficient (Wildman–Crippen LogP) is 0.270. The number of benzene rings is 1. The van der Waals surface area contributed by atoms with Crippen LogP contribution in [0.3, 0.4) is 0 Å². The molecule has 1 atom stereocenters. The second kappa shape index (κ2) is 2.97. The fraction of sp³-hybridized carbons (Fsp3) is 0.364. The summed E-state index contributed by atoms with van der Waals surface area (Å²) < 4.78 is 0. The summed E-state index contributed by atoms with van der Waals surface area (Å²) >= 11 is 0. The standard InChI is InChI=1S/C11H13N3O/c15-10-11(6-7-12-8-11)14(13-10)9-4-2-1-3-5-9/h1-5,12H,6-8H2,(H,13,15). The SMILES string of the molecule is O=C1NN(c2ccccc2)C12CCNC2. The molecule has 1 aromatic rings. The first-order valence-corrected chi connectivity index (χ1v) is 5.20. The second-order valence-electron chi connectivity index (χ2n) is 4.07. The number of para-hydroxylation sites is 1. The van der Waals surface area contributed by atoms with Crippen LogP contribution in [0.1, 0.15) is 6.42 Å². The molecule has 0 bridgehead atoms. The van der Waals surface area contributed by atoms with Crippen LogP contribution in [-0.4, -0.2) is 24.5 Å². The number of rotatable bonds is 1. The van der Waals surface area contributed by atoms with E-state index in [2.05, 4.69) is 10.7 Å².